The quantitative estimate of drug-likeness (QED) is 0.718. The molecule has 0 fully saturated rings. The van der Waals surface area contributed by atoms with Crippen LogP contribution in [0.1, 0.15) is 37.6 Å². The number of rotatable bonds is 7. The summed E-state index contributed by atoms with van der Waals surface area (Å²) in [5, 5.41) is 5.52. The molecular weight excluding hydrogens is 273 g/mol. The van der Waals surface area contributed by atoms with E-state index in [1.54, 1.807) is 13.8 Å². The fourth-order valence-corrected chi connectivity index (χ4v) is 1.63. The molecule has 0 atom stereocenters. The summed E-state index contributed by atoms with van der Waals surface area (Å²) in [6.45, 7) is 5.87. The van der Waals surface area contributed by atoms with E-state index in [2.05, 4.69) is 10.6 Å². The van der Waals surface area contributed by atoms with Gasteiger partial charge in [-0.25, -0.2) is 4.39 Å². The number of hydrogen-bond donors (Lipinski definition) is 3. The molecule has 5 nitrogen and oxygen atoms in total. The molecule has 21 heavy (non-hydrogen) atoms. The number of nitrogens with one attached hydrogen (secondary N) is 2. The van der Waals surface area contributed by atoms with Crippen LogP contribution in [0.5, 0.6) is 0 Å². The van der Waals surface area contributed by atoms with Crippen LogP contribution in [0.15, 0.2) is 18.2 Å². The van der Waals surface area contributed by atoms with Crippen LogP contribution in [-0.4, -0.2) is 24.9 Å². The molecule has 0 aliphatic heterocycles. The zero-order valence-electron chi connectivity index (χ0n) is 12.6. The van der Waals surface area contributed by atoms with Gasteiger partial charge in [0.1, 0.15) is 5.82 Å². The first-order valence-corrected chi connectivity index (χ1v) is 6.90. The molecule has 0 aliphatic rings. The number of halogens is 1. The van der Waals surface area contributed by atoms with E-state index in [1.807, 2.05) is 6.92 Å². The van der Waals surface area contributed by atoms with Crippen LogP contribution in [0.25, 0.3) is 0 Å². The summed E-state index contributed by atoms with van der Waals surface area (Å²) in [5.74, 6) is -1.43. The SMILES string of the molecule is CCCNc1c(F)cccc1C(=O)NCC(C)(C)C(N)=O. The lowest BCUT2D eigenvalue weighted by Crippen LogP contribution is -2.42. The number of nitrogens with two attached hydrogens (primary N) is 1. The lowest BCUT2D eigenvalue weighted by molar-refractivity contribution is -0.125. The minimum atomic E-state index is -0.861. The predicted octanol–water partition coefficient (Wildman–Crippen LogP) is 1.89. The minimum Gasteiger partial charge on any atom is -0.382 e. The summed E-state index contributed by atoms with van der Waals surface area (Å²) in [4.78, 5) is 23.4. The van der Waals surface area contributed by atoms with Crippen molar-refractivity contribution in [1.82, 2.24) is 5.32 Å². The maximum absolute atomic E-state index is 13.8. The van der Waals surface area contributed by atoms with Gasteiger partial charge in [0.2, 0.25) is 5.91 Å². The van der Waals surface area contributed by atoms with Gasteiger partial charge in [0.05, 0.1) is 16.7 Å². The Bertz CT molecular complexity index is 530. The molecule has 0 aliphatic carbocycles. The Hall–Kier alpha value is -2.11. The number of amides is 2. The summed E-state index contributed by atoms with van der Waals surface area (Å²) in [7, 11) is 0. The van der Waals surface area contributed by atoms with Gasteiger partial charge in [0, 0.05) is 13.1 Å². The maximum Gasteiger partial charge on any atom is 0.253 e. The highest BCUT2D eigenvalue weighted by atomic mass is 19.1. The molecule has 0 aromatic heterocycles. The molecule has 0 bridgehead atoms. The largest absolute Gasteiger partial charge is 0.382 e. The Morgan fingerprint density at radius 3 is 2.57 bits per heavy atom. The van der Waals surface area contributed by atoms with Crippen LogP contribution in [0.3, 0.4) is 0 Å². The number of primary amides is 1. The Morgan fingerprint density at radius 2 is 2.00 bits per heavy atom. The summed E-state index contributed by atoms with van der Waals surface area (Å²) in [6.07, 6.45) is 0.810. The van der Waals surface area contributed by atoms with Crippen molar-refractivity contribution in [3.8, 4) is 0 Å². The second kappa shape index (κ2) is 7.06. The van der Waals surface area contributed by atoms with Gasteiger partial charge in [-0.2, -0.15) is 0 Å². The summed E-state index contributed by atoms with van der Waals surface area (Å²) < 4.78 is 13.8. The summed E-state index contributed by atoms with van der Waals surface area (Å²) >= 11 is 0. The van der Waals surface area contributed by atoms with Crippen molar-refractivity contribution in [2.75, 3.05) is 18.4 Å². The van der Waals surface area contributed by atoms with Crippen LogP contribution in [0, 0.1) is 11.2 Å². The van der Waals surface area contributed by atoms with Crippen LogP contribution in [-0.2, 0) is 4.79 Å². The molecule has 0 heterocycles. The second-order valence-electron chi connectivity index (χ2n) is 5.52. The number of carbonyl (C=O) groups excluding carboxylic acids is 2. The fourth-order valence-electron chi connectivity index (χ4n) is 1.63. The van der Waals surface area contributed by atoms with Gasteiger partial charge in [-0.1, -0.05) is 13.0 Å². The second-order valence-corrected chi connectivity index (χ2v) is 5.52. The number of anilines is 1. The topological polar surface area (TPSA) is 84.2 Å². The van der Waals surface area contributed by atoms with E-state index in [-0.39, 0.29) is 17.8 Å². The van der Waals surface area contributed by atoms with E-state index in [4.69, 9.17) is 5.73 Å². The summed E-state index contributed by atoms with van der Waals surface area (Å²) in [6, 6.07) is 4.30. The Labute approximate surface area is 124 Å². The average molecular weight is 295 g/mol. The van der Waals surface area contributed by atoms with E-state index < -0.39 is 23.0 Å². The van der Waals surface area contributed by atoms with Crippen molar-refractivity contribution in [3.63, 3.8) is 0 Å². The monoisotopic (exact) mass is 295 g/mol. The first kappa shape index (κ1) is 16.9. The molecule has 116 valence electrons. The fraction of sp³-hybridized carbons (Fsp3) is 0.467. The standard InChI is InChI=1S/C15H22FN3O2/c1-4-8-18-12-10(6-5-7-11(12)16)13(20)19-9-15(2,3)14(17)21/h5-7,18H,4,8-9H2,1-3H3,(H2,17,21)(H,19,20). The normalized spacial score (nSPS) is 11.0. The maximum atomic E-state index is 13.8. The van der Waals surface area contributed by atoms with Gasteiger partial charge in [-0.15, -0.1) is 0 Å². The third-order valence-corrected chi connectivity index (χ3v) is 3.17. The zero-order chi connectivity index (χ0) is 16.0. The molecule has 0 saturated carbocycles. The molecule has 0 saturated heterocycles. The molecule has 1 aromatic carbocycles. The molecule has 0 spiro atoms. The van der Waals surface area contributed by atoms with E-state index >= 15 is 0 Å². The van der Waals surface area contributed by atoms with Gasteiger partial charge in [0.15, 0.2) is 0 Å². The van der Waals surface area contributed by atoms with Crippen LogP contribution >= 0.6 is 0 Å². The van der Waals surface area contributed by atoms with Crippen molar-refractivity contribution in [3.05, 3.63) is 29.6 Å². The molecule has 1 aromatic rings. The van der Waals surface area contributed by atoms with Crippen molar-refractivity contribution >= 4 is 17.5 Å². The van der Waals surface area contributed by atoms with Gasteiger partial charge < -0.3 is 16.4 Å². The molecule has 2 amide bonds. The highest BCUT2D eigenvalue weighted by Crippen LogP contribution is 2.20. The molecule has 0 unspecified atom stereocenters. The first-order chi connectivity index (χ1) is 9.79. The van der Waals surface area contributed by atoms with Crippen LogP contribution < -0.4 is 16.4 Å². The molecule has 6 heteroatoms. The zero-order valence-corrected chi connectivity index (χ0v) is 12.6. The highest BCUT2D eigenvalue weighted by Gasteiger charge is 2.26. The third kappa shape index (κ3) is 4.44. The summed E-state index contributed by atoms with van der Waals surface area (Å²) in [5.41, 5.74) is 4.78. The Balaban J connectivity index is 2.87. The van der Waals surface area contributed by atoms with Gasteiger partial charge >= 0.3 is 0 Å². The molecule has 0 radical (unpaired) electrons. The van der Waals surface area contributed by atoms with E-state index in [9.17, 15) is 14.0 Å². The van der Waals surface area contributed by atoms with Gasteiger partial charge in [0.25, 0.3) is 5.91 Å². The molecular formula is C15H22FN3O2. The lowest BCUT2D eigenvalue weighted by Gasteiger charge is -2.21. The first-order valence-electron chi connectivity index (χ1n) is 6.90. The third-order valence-electron chi connectivity index (χ3n) is 3.17. The van der Waals surface area contributed by atoms with E-state index in [0.717, 1.165) is 6.42 Å². The number of hydrogen-bond acceptors (Lipinski definition) is 3. The van der Waals surface area contributed by atoms with Gasteiger partial charge in [-0.3, -0.25) is 9.59 Å². The number of carbonyl (C=O) groups is 2. The smallest absolute Gasteiger partial charge is 0.253 e. The Morgan fingerprint density at radius 1 is 1.33 bits per heavy atom. The lowest BCUT2D eigenvalue weighted by atomic mass is 9.92. The molecule has 4 N–H and O–H groups in total. The minimum absolute atomic E-state index is 0.0882. The highest BCUT2D eigenvalue weighted by molar-refractivity contribution is 6.00. The van der Waals surface area contributed by atoms with Crippen molar-refractivity contribution in [2.24, 2.45) is 11.1 Å². The van der Waals surface area contributed by atoms with Crippen LogP contribution in [0.2, 0.25) is 0 Å². The van der Waals surface area contributed by atoms with E-state index in [0.29, 0.717) is 6.54 Å². The van der Waals surface area contributed by atoms with Crippen molar-refractivity contribution in [1.29, 1.82) is 0 Å². The van der Waals surface area contributed by atoms with Crippen molar-refractivity contribution < 1.29 is 14.0 Å². The number of benzene rings is 1. The van der Waals surface area contributed by atoms with Gasteiger partial charge in [-0.05, 0) is 32.4 Å². The molecule has 1 rings (SSSR count). The predicted molar refractivity (Wildman–Crippen MR) is 80.5 cm³/mol. The van der Waals surface area contributed by atoms with Crippen LogP contribution in [0.4, 0.5) is 10.1 Å². The average Bonchev–Trinajstić information content (AvgIpc) is 2.43. The number of para-hydroxylation sites is 1. The van der Waals surface area contributed by atoms with E-state index in [1.165, 1.54) is 18.2 Å². The Kier molecular flexibility index (Phi) is 5.69. The van der Waals surface area contributed by atoms with Crippen molar-refractivity contribution in [2.45, 2.75) is 27.2 Å².